The number of nitriles is 1. The van der Waals surface area contributed by atoms with Crippen molar-refractivity contribution in [3.05, 3.63) is 53.9 Å². The molecule has 0 unspecified atom stereocenters. The average molecular weight is 307 g/mol. The van der Waals surface area contributed by atoms with E-state index in [0.29, 0.717) is 11.1 Å². The van der Waals surface area contributed by atoms with Gasteiger partial charge in [-0.15, -0.1) is 0 Å². The molecule has 2 aromatic heterocycles. The molecule has 0 amide bonds. The number of rotatable bonds is 4. The van der Waals surface area contributed by atoms with E-state index in [1.807, 2.05) is 18.2 Å². The van der Waals surface area contributed by atoms with E-state index in [9.17, 15) is 4.79 Å². The van der Waals surface area contributed by atoms with Gasteiger partial charge in [0.15, 0.2) is 0 Å². The van der Waals surface area contributed by atoms with Crippen LogP contribution in [0.15, 0.2) is 42.7 Å². The molecule has 0 aliphatic rings. The van der Waals surface area contributed by atoms with E-state index in [4.69, 9.17) is 15.7 Å². The van der Waals surface area contributed by atoms with E-state index >= 15 is 0 Å². The van der Waals surface area contributed by atoms with Crippen LogP contribution in [0.3, 0.4) is 0 Å². The minimum absolute atomic E-state index is 0.103. The van der Waals surface area contributed by atoms with Gasteiger partial charge in [-0.25, -0.2) is 9.48 Å². The first-order valence-electron chi connectivity index (χ1n) is 6.93. The summed E-state index contributed by atoms with van der Waals surface area (Å²) in [5.41, 5.74) is 7.24. The van der Waals surface area contributed by atoms with Gasteiger partial charge >= 0.3 is 5.97 Å². The number of carbonyl (C=O) groups is 1. The Bertz CT molecular complexity index is 905. The molecular weight excluding hydrogens is 294 g/mol. The summed E-state index contributed by atoms with van der Waals surface area (Å²) in [6, 6.07) is 10.8. The van der Waals surface area contributed by atoms with Gasteiger partial charge in [0.25, 0.3) is 0 Å². The van der Waals surface area contributed by atoms with Gasteiger partial charge in [0.05, 0.1) is 23.8 Å². The summed E-state index contributed by atoms with van der Waals surface area (Å²) in [5, 5.41) is 13.5. The number of nitrogens with zero attached hydrogens (tertiary/aromatic N) is 4. The molecule has 0 atom stereocenters. The summed E-state index contributed by atoms with van der Waals surface area (Å²) in [7, 11) is 0. The standard InChI is InChI=1S/C16H13N5O2/c17-9-11-10-20-21(15(11)18)7-8-23-16(22)13-3-1-5-14-12(13)4-2-6-19-14/h1-6,10H,7-8,18H2. The molecule has 2 N–H and O–H groups in total. The zero-order chi connectivity index (χ0) is 16.2. The number of carbonyl (C=O) groups excluding carboxylic acids is 1. The van der Waals surface area contributed by atoms with Crippen LogP contribution in [0.2, 0.25) is 0 Å². The lowest BCUT2D eigenvalue weighted by atomic mass is 10.1. The first-order valence-corrected chi connectivity index (χ1v) is 6.93. The number of aromatic nitrogens is 3. The number of hydrogen-bond acceptors (Lipinski definition) is 6. The Kier molecular flexibility index (Phi) is 3.89. The highest BCUT2D eigenvalue weighted by Crippen LogP contribution is 2.17. The largest absolute Gasteiger partial charge is 0.460 e. The predicted octanol–water partition coefficient (Wildman–Crippen LogP) is 1.74. The summed E-state index contributed by atoms with van der Waals surface area (Å²) in [6.07, 6.45) is 3.05. The Morgan fingerprint density at radius 2 is 2.22 bits per heavy atom. The quantitative estimate of drug-likeness (QED) is 0.736. The molecule has 0 aliphatic heterocycles. The molecule has 23 heavy (non-hydrogen) atoms. The van der Waals surface area contributed by atoms with Crippen molar-refractivity contribution >= 4 is 22.7 Å². The van der Waals surface area contributed by atoms with Crippen molar-refractivity contribution in [1.29, 1.82) is 5.26 Å². The summed E-state index contributed by atoms with van der Waals surface area (Å²) in [4.78, 5) is 16.4. The Balaban J connectivity index is 1.70. The number of benzene rings is 1. The number of fused-ring (bicyclic) bond motifs is 1. The van der Waals surface area contributed by atoms with Gasteiger partial charge in [0.1, 0.15) is 24.1 Å². The summed E-state index contributed by atoms with van der Waals surface area (Å²) in [5.74, 6) is -0.173. The van der Waals surface area contributed by atoms with Crippen LogP contribution in [0.1, 0.15) is 15.9 Å². The number of ether oxygens (including phenoxy) is 1. The van der Waals surface area contributed by atoms with Crippen molar-refractivity contribution in [3.63, 3.8) is 0 Å². The molecule has 3 rings (SSSR count). The third-order valence-corrected chi connectivity index (χ3v) is 3.40. The molecule has 2 heterocycles. The predicted molar refractivity (Wildman–Crippen MR) is 83.4 cm³/mol. The van der Waals surface area contributed by atoms with Crippen LogP contribution in [0.5, 0.6) is 0 Å². The molecule has 0 radical (unpaired) electrons. The van der Waals surface area contributed by atoms with Crippen molar-refractivity contribution < 1.29 is 9.53 Å². The maximum atomic E-state index is 12.2. The Labute approximate surface area is 131 Å². The lowest BCUT2D eigenvalue weighted by Crippen LogP contribution is -2.14. The fourth-order valence-corrected chi connectivity index (χ4v) is 2.24. The summed E-state index contributed by atoms with van der Waals surface area (Å²) >= 11 is 0. The van der Waals surface area contributed by atoms with Gasteiger partial charge in [-0.05, 0) is 18.2 Å². The number of anilines is 1. The first kappa shape index (κ1) is 14.5. The van der Waals surface area contributed by atoms with E-state index in [0.717, 1.165) is 10.9 Å². The van der Waals surface area contributed by atoms with Crippen molar-refractivity contribution in [2.75, 3.05) is 12.3 Å². The van der Waals surface area contributed by atoms with Gasteiger partial charge in [-0.3, -0.25) is 4.98 Å². The van der Waals surface area contributed by atoms with Crippen LogP contribution in [-0.2, 0) is 11.3 Å². The Morgan fingerprint density at radius 1 is 1.35 bits per heavy atom. The van der Waals surface area contributed by atoms with E-state index < -0.39 is 5.97 Å². The average Bonchev–Trinajstić information content (AvgIpc) is 2.94. The molecule has 7 heteroatoms. The normalized spacial score (nSPS) is 10.4. The van der Waals surface area contributed by atoms with Gasteiger partial charge in [-0.2, -0.15) is 10.4 Å². The van der Waals surface area contributed by atoms with Gasteiger partial charge in [0, 0.05) is 11.6 Å². The van der Waals surface area contributed by atoms with Crippen molar-refractivity contribution in [2.24, 2.45) is 0 Å². The highest BCUT2D eigenvalue weighted by molar-refractivity contribution is 6.03. The minimum atomic E-state index is -0.435. The van der Waals surface area contributed by atoms with Gasteiger partial charge in [0.2, 0.25) is 0 Å². The molecule has 3 aromatic rings. The lowest BCUT2D eigenvalue weighted by molar-refractivity contribution is 0.0490. The van der Waals surface area contributed by atoms with E-state index in [-0.39, 0.29) is 19.0 Å². The molecule has 0 aliphatic carbocycles. The molecule has 0 spiro atoms. The third-order valence-electron chi connectivity index (χ3n) is 3.40. The van der Waals surface area contributed by atoms with Gasteiger partial charge in [-0.1, -0.05) is 12.1 Å². The van der Waals surface area contributed by atoms with E-state index in [1.165, 1.54) is 10.9 Å². The van der Waals surface area contributed by atoms with Crippen LogP contribution < -0.4 is 5.73 Å². The van der Waals surface area contributed by atoms with Gasteiger partial charge < -0.3 is 10.5 Å². The maximum absolute atomic E-state index is 12.2. The highest BCUT2D eigenvalue weighted by atomic mass is 16.5. The van der Waals surface area contributed by atoms with Crippen LogP contribution in [0.4, 0.5) is 5.82 Å². The molecule has 114 valence electrons. The monoisotopic (exact) mass is 307 g/mol. The Hall–Kier alpha value is -3.40. The number of pyridine rings is 1. The third kappa shape index (κ3) is 2.82. The second kappa shape index (κ2) is 6.15. The highest BCUT2D eigenvalue weighted by Gasteiger charge is 2.12. The number of nitrogens with two attached hydrogens (primary N) is 1. The maximum Gasteiger partial charge on any atom is 0.338 e. The van der Waals surface area contributed by atoms with Crippen LogP contribution in [0.25, 0.3) is 10.9 Å². The smallest absolute Gasteiger partial charge is 0.338 e. The zero-order valence-corrected chi connectivity index (χ0v) is 12.1. The number of hydrogen-bond donors (Lipinski definition) is 1. The van der Waals surface area contributed by atoms with E-state index in [2.05, 4.69) is 10.1 Å². The molecule has 0 saturated heterocycles. The molecule has 7 nitrogen and oxygen atoms in total. The fourth-order valence-electron chi connectivity index (χ4n) is 2.24. The minimum Gasteiger partial charge on any atom is -0.460 e. The van der Waals surface area contributed by atoms with Crippen LogP contribution in [-0.4, -0.2) is 27.3 Å². The lowest BCUT2D eigenvalue weighted by Gasteiger charge is -2.08. The molecular formula is C16H13N5O2. The number of esters is 1. The molecule has 0 fully saturated rings. The summed E-state index contributed by atoms with van der Waals surface area (Å²) < 4.78 is 6.70. The van der Waals surface area contributed by atoms with Crippen LogP contribution >= 0.6 is 0 Å². The summed E-state index contributed by atoms with van der Waals surface area (Å²) in [6.45, 7) is 0.383. The van der Waals surface area contributed by atoms with Crippen LogP contribution in [0, 0.1) is 11.3 Å². The first-order chi connectivity index (χ1) is 11.2. The van der Waals surface area contributed by atoms with E-state index in [1.54, 1.807) is 24.4 Å². The molecule has 0 bridgehead atoms. The number of nitrogen functional groups attached to an aromatic ring is 1. The second-order valence-electron chi connectivity index (χ2n) is 4.79. The van der Waals surface area contributed by atoms with Crippen molar-refractivity contribution in [2.45, 2.75) is 6.54 Å². The molecule has 1 aromatic carbocycles. The topological polar surface area (TPSA) is 107 Å². The Morgan fingerprint density at radius 3 is 3.00 bits per heavy atom. The van der Waals surface area contributed by atoms with Crippen molar-refractivity contribution in [3.8, 4) is 6.07 Å². The van der Waals surface area contributed by atoms with Crippen molar-refractivity contribution in [1.82, 2.24) is 14.8 Å². The fraction of sp³-hybridized carbons (Fsp3) is 0.125. The SMILES string of the molecule is N#Cc1cnn(CCOC(=O)c2cccc3ncccc23)c1N. The molecule has 0 saturated carbocycles. The zero-order valence-electron chi connectivity index (χ0n) is 12.1. The second-order valence-corrected chi connectivity index (χ2v) is 4.79.